The van der Waals surface area contributed by atoms with Gasteiger partial charge < -0.3 is 35.6 Å². The molecule has 45 heavy (non-hydrogen) atoms. The minimum atomic E-state index is -1.62. The van der Waals surface area contributed by atoms with Crippen LogP contribution in [-0.4, -0.2) is 79.7 Å². The summed E-state index contributed by atoms with van der Waals surface area (Å²) >= 11 is 0. The molecule has 4 aliphatic carbocycles. The van der Waals surface area contributed by atoms with Crippen LogP contribution in [0, 0.1) is 28.6 Å². The van der Waals surface area contributed by atoms with Gasteiger partial charge in [0.2, 0.25) is 0 Å². The number of carboxylic acid groups (broad SMARTS) is 1. The van der Waals surface area contributed by atoms with Gasteiger partial charge in [0.25, 0.3) is 5.91 Å². The van der Waals surface area contributed by atoms with Crippen LogP contribution in [0.25, 0.3) is 10.9 Å². The Hall–Kier alpha value is -3.54. The number of aliphatic hydroxyl groups is 3. The predicted octanol–water partition coefficient (Wildman–Crippen LogP) is 2.88. The first-order chi connectivity index (χ1) is 21.4. The average Bonchev–Trinajstić information content (AvgIpc) is 3.54. The van der Waals surface area contributed by atoms with Crippen LogP contribution in [0.15, 0.2) is 47.3 Å². The van der Waals surface area contributed by atoms with Gasteiger partial charge in [-0.15, -0.1) is 0 Å². The van der Waals surface area contributed by atoms with Crippen molar-refractivity contribution >= 4 is 34.3 Å². The molecule has 0 spiro atoms. The highest BCUT2D eigenvalue weighted by molar-refractivity contribution is 5.96. The number of carbonyl (C=O) groups is 3. The van der Waals surface area contributed by atoms with Crippen LogP contribution >= 0.6 is 0 Å². The van der Waals surface area contributed by atoms with Crippen molar-refractivity contribution in [3.63, 3.8) is 0 Å². The second kappa shape index (κ2) is 11.7. The van der Waals surface area contributed by atoms with E-state index < -0.39 is 54.0 Å². The summed E-state index contributed by atoms with van der Waals surface area (Å²) in [5.74, 6) is -2.08. The lowest BCUT2D eigenvalue weighted by Crippen LogP contribution is -2.62. The molecule has 2 aromatic rings. The number of carboxylic acids is 1. The van der Waals surface area contributed by atoms with Crippen molar-refractivity contribution in [2.75, 3.05) is 13.2 Å². The van der Waals surface area contributed by atoms with Gasteiger partial charge in [0, 0.05) is 28.9 Å². The van der Waals surface area contributed by atoms with Gasteiger partial charge in [-0.3, -0.25) is 9.59 Å². The quantitative estimate of drug-likeness (QED) is 0.231. The SMILES string of the molecule is C[C@]12CC/C(=N/OCC(=O)N[C@@H](Cc3c[nH]c4ccccc34)C(=O)O)C=C1CC[C@H]1[C@H]2[C@@H](O)C[C@@]2(C)[C@H]1CC[C@]2(O)C(=O)CO. The molecule has 11 heteroatoms. The maximum absolute atomic E-state index is 12.6. The van der Waals surface area contributed by atoms with E-state index in [1.54, 1.807) is 6.20 Å². The van der Waals surface area contributed by atoms with Crippen molar-refractivity contribution in [2.45, 2.75) is 83.0 Å². The molecule has 8 atom stereocenters. The molecule has 242 valence electrons. The number of Topliss-reactive ketones (excluding diaryl/α,β-unsaturated/α-hetero) is 1. The number of fused-ring (bicyclic) bond motifs is 6. The van der Waals surface area contributed by atoms with E-state index in [9.17, 15) is 34.8 Å². The van der Waals surface area contributed by atoms with Gasteiger partial charge in [-0.25, -0.2) is 4.79 Å². The number of hydrogen-bond acceptors (Lipinski definition) is 8. The first kappa shape index (κ1) is 31.4. The Morgan fingerprint density at radius 2 is 1.93 bits per heavy atom. The second-order valence-electron chi connectivity index (χ2n) is 14.0. The number of H-pyrrole nitrogens is 1. The molecule has 1 aromatic carbocycles. The predicted molar refractivity (Wildman–Crippen MR) is 165 cm³/mol. The number of aromatic amines is 1. The van der Waals surface area contributed by atoms with Gasteiger partial charge in [0.15, 0.2) is 12.4 Å². The number of aromatic nitrogens is 1. The van der Waals surface area contributed by atoms with Crippen LogP contribution in [0.4, 0.5) is 0 Å². The number of para-hydroxylation sites is 1. The lowest BCUT2D eigenvalue weighted by Gasteiger charge is -2.60. The van der Waals surface area contributed by atoms with Crippen LogP contribution in [0.3, 0.4) is 0 Å². The van der Waals surface area contributed by atoms with Crippen molar-refractivity contribution in [3.05, 3.63) is 47.7 Å². The minimum Gasteiger partial charge on any atom is -0.480 e. The van der Waals surface area contributed by atoms with Crippen molar-refractivity contribution < 1.29 is 39.6 Å². The zero-order valence-electron chi connectivity index (χ0n) is 25.8. The van der Waals surface area contributed by atoms with E-state index >= 15 is 0 Å². The van der Waals surface area contributed by atoms with Crippen molar-refractivity contribution in [3.8, 4) is 0 Å². The van der Waals surface area contributed by atoms with Gasteiger partial charge in [-0.05, 0) is 85.8 Å². The summed E-state index contributed by atoms with van der Waals surface area (Å²) in [4.78, 5) is 45.7. The summed E-state index contributed by atoms with van der Waals surface area (Å²) < 4.78 is 0. The fourth-order valence-corrected chi connectivity index (χ4v) is 9.49. The number of aliphatic carboxylic acids is 1. The number of allylic oxidation sites excluding steroid dienone is 2. The topological polar surface area (TPSA) is 182 Å². The highest BCUT2D eigenvalue weighted by atomic mass is 16.6. The third-order valence-corrected chi connectivity index (χ3v) is 11.8. The molecule has 0 aliphatic heterocycles. The Kier molecular flexibility index (Phi) is 8.16. The van der Waals surface area contributed by atoms with E-state index in [-0.39, 0.29) is 29.6 Å². The van der Waals surface area contributed by atoms with Crippen molar-refractivity contribution in [1.82, 2.24) is 10.3 Å². The molecular weight excluding hydrogens is 578 g/mol. The summed E-state index contributed by atoms with van der Waals surface area (Å²) in [6.45, 7) is 2.98. The molecule has 11 nitrogen and oxygen atoms in total. The highest BCUT2D eigenvalue weighted by Crippen LogP contribution is 2.67. The van der Waals surface area contributed by atoms with Crippen molar-refractivity contribution in [1.29, 1.82) is 0 Å². The highest BCUT2D eigenvalue weighted by Gasteiger charge is 2.68. The minimum absolute atomic E-state index is 0.0273. The number of benzene rings is 1. The van der Waals surface area contributed by atoms with E-state index in [2.05, 4.69) is 22.4 Å². The number of nitrogens with one attached hydrogen (secondary N) is 2. The monoisotopic (exact) mass is 621 g/mol. The molecule has 4 aliphatic rings. The Labute approximate surface area is 261 Å². The first-order valence-electron chi connectivity index (χ1n) is 15.9. The van der Waals surface area contributed by atoms with E-state index in [4.69, 9.17) is 4.84 Å². The lowest BCUT2D eigenvalue weighted by molar-refractivity contribution is -0.181. The molecule has 3 fully saturated rings. The summed E-state index contributed by atoms with van der Waals surface area (Å²) in [6, 6.07) is 6.45. The molecule has 0 saturated heterocycles. The molecule has 1 amide bonds. The Morgan fingerprint density at radius 3 is 2.69 bits per heavy atom. The molecule has 0 unspecified atom stereocenters. The van der Waals surface area contributed by atoms with Crippen LogP contribution in [0.2, 0.25) is 0 Å². The number of hydrogen-bond donors (Lipinski definition) is 6. The van der Waals surface area contributed by atoms with Gasteiger partial charge in [-0.2, -0.15) is 0 Å². The molecular formula is C34H43N3O8. The first-order valence-corrected chi connectivity index (χ1v) is 15.9. The molecule has 3 saturated carbocycles. The number of ketones is 1. The molecule has 6 N–H and O–H groups in total. The summed E-state index contributed by atoms with van der Waals surface area (Å²) in [7, 11) is 0. The smallest absolute Gasteiger partial charge is 0.326 e. The third-order valence-electron chi connectivity index (χ3n) is 11.8. The molecule has 1 heterocycles. The number of aliphatic hydroxyl groups excluding tert-OH is 2. The van der Waals surface area contributed by atoms with E-state index in [1.165, 1.54) is 5.57 Å². The Morgan fingerprint density at radius 1 is 1.16 bits per heavy atom. The third kappa shape index (κ3) is 5.18. The molecule has 6 rings (SSSR count). The average molecular weight is 622 g/mol. The fraction of sp³-hybridized carbons (Fsp3) is 0.588. The van der Waals surface area contributed by atoms with Crippen LogP contribution in [0.1, 0.15) is 64.4 Å². The molecule has 1 aromatic heterocycles. The van der Waals surface area contributed by atoms with Crippen LogP contribution < -0.4 is 5.32 Å². The number of nitrogens with zero attached hydrogens (tertiary/aromatic N) is 1. The van der Waals surface area contributed by atoms with E-state index in [0.29, 0.717) is 31.4 Å². The summed E-state index contributed by atoms with van der Waals surface area (Å²) in [5, 5.41) is 49.9. The number of amides is 1. The van der Waals surface area contributed by atoms with Gasteiger partial charge in [-0.1, -0.05) is 42.8 Å². The van der Waals surface area contributed by atoms with Crippen molar-refractivity contribution in [2.24, 2.45) is 33.7 Å². The number of rotatable bonds is 9. The maximum atomic E-state index is 12.6. The van der Waals surface area contributed by atoms with Gasteiger partial charge in [0.1, 0.15) is 18.2 Å². The zero-order valence-corrected chi connectivity index (χ0v) is 25.8. The summed E-state index contributed by atoms with van der Waals surface area (Å²) in [6.07, 6.45) is 7.41. The van der Waals surface area contributed by atoms with Gasteiger partial charge in [0.05, 0.1) is 11.8 Å². The normalized spacial score (nSPS) is 35.6. The second-order valence-corrected chi connectivity index (χ2v) is 14.0. The van der Waals surface area contributed by atoms with Crippen LogP contribution in [-0.2, 0) is 25.6 Å². The number of carbonyl (C=O) groups excluding carboxylic acids is 2. The molecule has 0 radical (unpaired) electrons. The maximum Gasteiger partial charge on any atom is 0.326 e. The van der Waals surface area contributed by atoms with Gasteiger partial charge >= 0.3 is 5.97 Å². The Balaban J connectivity index is 1.09. The standard InChI is InChI=1S/C34H43N3O8/c1-32-11-9-21(37-45-18-29(41)36-26(31(42)43)13-19-16-35-25-6-4-3-5-22(19)25)14-20(32)7-8-23-24-10-12-34(44,28(40)17-38)33(24,2)15-27(39)30(23)32/h3-6,14,16,23-24,26-27,30,35,38-39,44H,7-13,15,17-18H2,1-2H3,(H,36,41)(H,42,43)/b37-21-/t23-,24+,26+,27+,30+,32+,33+,34+/m1/s1. The van der Waals surface area contributed by atoms with Crippen LogP contribution in [0.5, 0.6) is 0 Å². The lowest BCUT2D eigenvalue weighted by atomic mass is 9.45. The zero-order chi connectivity index (χ0) is 32.1. The van der Waals surface area contributed by atoms with E-state index in [1.807, 2.05) is 37.3 Å². The number of oxime groups is 1. The fourth-order valence-electron chi connectivity index (χ4n) is 9.49. The van der Waals surface area contributed by atoms with E-state index in [0.717, 1.165) is 35.7 Å². The Bertz CT molecular complexity index is 1570. The molecule has 0 bridgehead atoms. The largest absolute Gasteiger partial charge is 0.480 e. The summed E-state index contributed by atoms with van der Waals surface area (Å²) in [5.41, 5.74) is 0.877.